The predicted octanol–water partition coefficient (Wildman–Crippen LogP) is 2.13. The third-order valence-electron chi connectivity index (χ3n) is 4.67. The zero-order valence-corrected chi connectivity index (χ0v) is 8.21. The molecule has 4 aliphatic rings. The van der Waals surface area contributed by atoms with E-state index in [0.717, 1.165) is 17.8 Å². The van der Waals surface area contributed by atoms with Gasteiger partial charge in [0.2, 0.25) is 0 Å². The van der Waals surface area contributed by atoms with Crippen molar-refractivity contribution in [2.45, 2.75) is 38.6 Å². The number of nitrogens with zero attached hydrogens (tertiary/aromatic N) is 1. The van der Waals surface area contributed by atoms with E-state index in [1.54, 1.807) is 6.42 Å². The molecule has 0 amide bonds. The first-order valence-electron chi connectivity index (χ1n) is 5.41. The number of hydrogen-bond donors (Lipinski definition) is 0. The number of rotatable bonds is 0. The molecule has 1 nitrogen and oxygen atoms in total. The monoisotopic (exact) mass is 165 g/mol. The maximum atomic E-state index is 2.75. The van der Waals surface area contributed by atoms with E-state index in [1.807, 2.05) is 0 Å². The van der Waals surface area contributed by atoms with Crippen LogP contribution in [0.5, 0.6) is 0 Å². The van der Waals surface area contributed by atoms with Gasteiger partial charge in [-0.3, -0.25) is 4.90 Å². The van der Waals surface area contributed by atoms with Gasteiger partial charge in [-0.2, -0.15) is 0 Å². The first kappa shape index (κ1) is 7.37. The Kier molecular flexibility index (Phi) is 1.27. The normalized spacial score (nSPS) is 54.5. The maximum Gasteiger partial charge on any atom is 0.0181 e. The fraction of sp³-hybridized carbons (Fsp3) is 1.00. The Morgan fingerprint density at radius 3 is 2.08 bits per heavy atom. The predicted molar refractivity (Wildman–Crippen MR) is 50.0 cm³/mol. The van der Waals surface area contributed by atoms with Gasteiger partial charge in [0.1, 0.15) is 0 Å². The molecule has 0 spiro atoms. The fourth-order valence-corrected chi connectivity index (χ4v) is 3.87. The van der Waals surface area contributed by atoms with Crippen molar-refractivity contribution in [2.24, 2.45) is 17.8 Å². The molecule has 3 heterocycles. The van der Waals surface area contributed by atoms with Gasteiger partial charge < -0.3 is 0 Å². The summed E-state index contributed by atoms with van der Waals surface area (Å²) < 4.78 is 0. The molecule has 68 valence electrons. The standard InChI is InChI=1S/C11H19N/c1-11(2)10-4-8-3-9(5-10)7-12(11)6-8/h8-10H,3-7H2,1-2H3. The van der Waals surface area contributed by atoms with Crippen LogP contribution in [0.25, 0.3) is 0 Å². The minimum absolute atomic E-state index is 0.535. The van der Waals surface area contributed by atoms with Gasteiger partial charge in [-0.1, -0.05) is 0 Å². The second-order valence-corrected chi connectivity index (χ2v) is 5.69. The van der Waals surface area contributed by atoms with Crippen molar-refractivity contribution < 1.29 is 0 Å². The lowest BCUT2D eigenvalue weighted by atomic mass is 9.60. The van der Waals surface area contributed by atoms with Crippen LogP contribution in [0, 0.1) is 17.8 Å². The highest BCUT2D eigenvalue weighted by Crippen LogP contribution is 2.50. The molecule has 3 saturated heterocycles. The molecule has 1 saturated carbocycles. The molecule has 1 heteroatoms. The van der Waals surface area contributed by atoms with E-state index in [-0.39, 0.29) is 0 Å². The van der Waals surface area contributed by atoms with Crippen molar-refractivity contribution in [1.82, 2.24) is 4.90 Å². The van der Waals surface area contributed by atoms with Crippen LogP contribution in [0.2, 0.25) is 0 Å². The minimum Gasteiger partial charge on any atom is -0.297 e. The SMILES string of the molecule is CC1(C)C2CC3CC(C2)CN1C3. The molecule has 0 radical (unpaired) electrons. The summed E-state index contributed by atoms with van der Waals surface area (Å²) in [5.41, 5.74) is 0.535. The Bertz CT molecular complexity index is 177. The topological polar surface area (TPSA) is 3.24 Å². The molecule has 2 atom stereocenters. The molecule has 1 aliphatic carbocycles. The summed E-state index contributed by atoms with van der Waals surface area (Å²) in [5.74, 6) is 3.15. The molecule has 4 bridgehead atoms. The highest BCUT2D eigenvalue weighted by molar-refractivity contribution is 5.04. The van der Waals surface area contributed by atoms with E-state index in [0.29, 0.717) is 5.54 Å². The van der Waals surface area contributed by atoms with Crippen molar-refractivity contribution in [2.75, 3.05) is 13.1 Å². The summed E-state index contributed by atoms with van der Waals surface area (Å²) in [6.07, 6.45) is 4.60. The van der Waals surface area contributed by atoms with E-state index in [9.17, 15) is 0 Å². The second kappa shape index (κ2) is 2.06. The highest BCUT2D eigenvalue weighted by atomic mass is 15.2. The summed E-state index contributed by atoms with van der Waals surface area (Å²) in [5, 5.41) is 0. The zero-order valence-electron chi connectivity index (χ0n) is 8.21. The molecule has 4 rings (SSSR count). The Morgan fingerprint density at radius 1 is 1.00 bits per heavy atom. The Balaban J connectivity index is 1.96. The molecule has 3 aliphatic heterocycles. The van der Waals surface area contributed by atoms with Gasteiger partial charge in [0.15, 0.2) is 0 Å². The average molecular weight is 165 g/mol. The smallest absolute Gasteiger partial charge is 0.0181 e. The average Bonchev–Trinajstić information content (AvgIpc) is 1.99. The Morgan fingerprint density at radius 2 is 1.58 bits per heavy atom. The molecule has 0 aromatic rings. The Hall–Kier alpha value is -0.0400. The number of hydrogen-bond acceptors (Lipinski definition) is 1. The van der Waals surface area contributed by atoms with Crippen LogP contribution in [0.1, 0.15) is 33.1 Å². The van der Waals surface area contributed by atoms with Crippen LogP contribution >= 0.6 is 0 Å². The molecular formula is C11H19N. The lowest BCUT2D eigenvalue weighted by Gasteiger charge is -2.61. The molecule has 0 aromatic heterocycles. The number of piperidine rings is 3. The molecule has 0 N–H and O–H groups in total. The van der Waals surface area contributed by atoms with Gasteiger partial charge in [0.25, 0.3) is 0 Å². The van der Waals surface area contributed by atoms with Gasteiger partial charge in [0, 0.05) is 18.6 Å². The zero-order chi connectivity index (χ0) is 8.34. The van der Waals surface area contributed by atoms with Crippen molar-refractivity contribution in [3.63, 3.8) is 0 Å². The van der Waals surface area contributed by atoms with Crippen molar-refractivity contribution in [1.29, 1.82) is 0 Å². The van der Waals surface area contributed by atoms with E-state index >= 15 is 0 Å². The van der Waals surface area contributed by atoms with E-state index in [2.05, 4.69) is 18.7 Å². The van der Waals surface area contributed by atoms with Crippen molar-refractivity contribution >= 4 is 0 Å². The van der Waals surface area contributed by atoms with Crippen LogP contribution < -0.4 is 0 Å². The molecular weight excluding hydrogens is 146 g/mol. The van der Waals surface area contributed by atoms with Crippen LogP contribution in [0.3, 0.4) is 0 Å². The van der Waals surface area contributed by atoms with Crippen LogP contribution in [0.15, 0.2) is 0 Å². The third-order valence-corrected chi connectivity index (χ3v) is 4.67. The summed E-state index contributed by atoms with van der Waals surface area (Å²) >= 11 is 0. The third kappa shape index (κ3) is 0.783. The van der Waals surface area contributed by atoms with Crippen LogP contribution in [-0.2, 0) is 0 Å². The van der Waals surface area contributed by atoms with Crippen molar-refractivity contribution in [3.05, 3.63) is 0 Å². The van der Waals surface area contributed by atoms with Crippen LogP contribution in [-0.4, -0.2) is 23.5 Å². The van der Waals surface area contributed by atoms with Crippen LogP contribution in [0.4, 0.5) is 0 Å². The van der Waals surface area contributed by atoms with Gasteiger partial charge in [-0.25, -0.2) is 0 Å². The van der Waals surface area contributed by atoms with Gasteiger partial charge in [-0.05, 0) is 50.9 Å². The highest BCUT2D eigenvalue weighted by Gasteiger charge is 2.50. The molecule has 12 heavy (non-hydrogen) atoms. The maximum absolute atomic E-state index is 2.75. The second-order valence-electron chi connectivity index (χ2n) is 5.69. The summed E-state index contributed by atoms with van der Waals surface area (Å²) in [7, 11) is 0. The minimum atomic E-state index is 0.535. The summed E-state index contributed by atoms with van der Waals surface area (Å²) in [6.45, 7) is 7.71. The summed E-state index contributed by atoms with van der Waals surface area (Å²) in [4.78, 5) is 2.75. The van der Waals surface area contributed by atoms with Crippen molar-refractivity contribution in [3.8, 4) is 0 Å². The van der Waals surface area contributed by atoms with Gasteiger partial charge in [-0.15, -0.1) is 0 Å². The van der Waals surface area contributed by atoms with Gasteiger partial charge >= 0.3 is 0 Å². The Labute approximate surface area is 75.1 Å². The first-order chi connectivity index (χ1) is 5.66. The van der Waals surface area contributed by atoms with E-state index in [4.69, 9.17) is 0 Å². The lowest BCUT2D eigenvalue weighted by Crippen LogP contribution is -2.64. The van der Waals surface area contributed by atoms with E-state index < -0.39 is 0 Å². The molecule has 0 aromatic carbocycles. The quantitative estimate of drug-likeness (QED) is 0.531. The summed E-state index contributed by atoms with van der Waals surface area (Å²) in [6, 6.07) is 0. The van der Waals surface area contributed by atoms with E-state index in [1.165, 1.54) is 25.9 Å². The van der Waals surface area contributed by atoms with Gasteiger partial charge in [0.05, 0.1) is 0 Å². The largest absolute Gasteiger partial charge is 0.297 e. The first-order valence-corrected chi connectivity index (χ1v) is 5.41. The fourth-order valence-electron chi connectivity index (χ4n) is 3.87. The molecule has 4 fully saturated rings. The lowest BCUT2D eigenvalue weighted by molar-refractivity contribution is -0.109. The molecule has 2 unspecified atom stereocenters.